The first-order valence-corrected chi connectivity index (χ1v) is 3.06. The first-order chi connectivity index (χ1) is 4.66. The maximum atomic E-state index is 9.01. The van der Waals surface area contributed by atoms with Crippen LogP contribution in [0.1, 0.15) is 0 Å². The Morgan fingerprint density at radius 2 is 1.80 bits per heavy atom. The highest BCUT2D eigenvalue weighted by molar-refractivity contribution is 4.85. The predicted octanol–water partition coefficient (Wildman–Crippen LogP) is -2.62. The van der Waals surface area contributed by atoms with E-state index < -0.39 is 24.6 Å². The molecule has 0 saturated carbocycles. The van der Waals surface area contributed by atoms with Crippen LogP contribution in [0.25, 0.3) is 0 Å². The van der Waals surface area contributed by atoms with E-state index in [1.807, 2.05) is 0 Å². The highest BCUT2D eigenvalue weighted by Gasteiger charge is 2.40. The van der Waals surface area contributed by atoms with Crippen molar-refractivity contribution in [2.75, 3.05) is 6.54 Å². The minimum atomic E-state index is -1.30. The van der Waals surface area contributed by atoms with E-state index in [1.54, 1.807) is 0 Å². The van der Waals surface area contributed by atoms with Crippen LogP contribution in [0.15, 0.2) is 0 Å². The van der Waals surface area contributed by atoms with Crippen LogP contribution in [-0.2, 0) is 4.74 Å². The Morgan fingerprint density at radius 3 is 2.00 bits per heavy atom. The Balaban J connectivity index is 2.53. The van der Waals surface area contributed by atoms with Crippen LogP contribution in [0.2, 0.25) is 0 Å². The van der Waals surface area contributed by atoms with Crippen LogP contribution < -0.4 is 5.73 Å². The first kappa shape index (κ1) is 7.90. The van der Waals surface area contributed by atoms with E-state index in [4.69, 9.17) is 21.1 Å². The van der Waals surface area contributed by atoms with E-state index in [2.05, 4.69) is 4.74 Å². The summed E-state index contributed by atoms with van der Waals surface area (Å²) in [6.45, 7) is 0.0925. The van der Waals surface area contributed by atoms with E-state index in [-0.39, 0.29) is 6.54 Å². The maximum Gasteiger partial charge on any atom is 0.184 e. The third kappa shape index (κ3) is 1.14. The monoisotopic (exact) mass is 149 g/mol. The molecule has 2 unspecified atom stereocenters. The lowest BCUT2D eigenvalue weighted by Gasteiger charge is -2.10. The third-order valence-electron chi connectivity index (χ3n) is 1.57. The van der Waals surface area contributed by atoms with Gasteiger partial charge >= 0.3 is 0 Å². The van der Waals surface area contributed by atoms with Gasteiger partial charge in [0.05, 0.1) is 0 Å². The highest BCUT2D eigenvalue weighted by Crippen LogP contribution is 2.17. The molecular weight excluding hydrogens is 138 g/mol. The lowest BCUT2D eigenvalue weighted by molar-refractivity contribution is -0.125. The fraction of sp³-hybridized carbons (Fsp3) is 1.00. The van der Waals surface area contributed by atoms with Gasteiger partial charge in [0, 0.05) is 6.54 Å². The molecule has 1 saturated heterocycles. The largest absolute Gasteiger partial charge is 0.387 e. The number of ether oxygens (including phenoxy) is 1. The Labute approximate surface area is 58.0 Å². The van der Waals surface area contributed by atoms with Crippen molar-refractivity contribution in [2.24, 2.45) is 5.73 Å². The van der Waals surface area contributed by atoms with Crippen LogP contribution in [0.3, 0.4) is 0 Å². The molecule has 0 aromatic rings. The summed E-state index contributed by atoms with van der Waals surface area (Å²) in [6.07, 6.45) is -4.25. The predicted molar refractivity (Wildman–Crippen MR) is 31.9 cm³/mol. The lowest BCUT2D eigenvalue weighted by Crippen LogP contribution is -2.35. The van der Waals surface area contributed by atoms with Gasteiger partial charge in [-0.2, -0.15) is 0 Å². The molecule has 0 aliphatic carbocycles. The van der Waals surface area contributed by atoms with Crippen molar-refractivity contribution >= 4 is 0 Å². The summed E-state index contributed by atoms with van der Waals surface area (Å²) in [5, 5.41) is 26.7. The highest BCUT2D eigenvalue weighted by atomic mass is 16.6. The molecule has 5 nitrogen and oxygen atoms in total. The standard InChI is InChI=1S/C5H11NO4/c6-1-2-3(7)4(8)5(9)10-2/h2-5,7-9H,1,6H2/t2?,3-,4+,5?/m1/s1. The Bertz CT molecular complexity index is 120. The summed E-state index contributed by atoms with van der Waals surface area (Å²) in [4.78, 5) is 0. The second-order valence-electron chi connectivity index (χ2n) is 2.28. The molecule has 0 radical (unpaired) electrons. The zero-order valence-corrected chi connectivity index (χ0v) is 5.34. The van der Waals surface area contributed by atoms with Crippen molar-refractivity contribution < 1.29 is 20.1 Å². The Hall–Kier alpha value is -0.200. The summed E-state index contributed by atoms with van der Waals surface area (Å²) in [5.41, 5.74) is 5.14. The van der Waals surface area contributed by atoms with Crippen molar-refractivity contribution in [1.29, 1.82) is 0 Å². The molecule has 60 valence electrons. The third-order valence-corrected chi connectivity index (χ3v) is 1.57. The average Bonchev–Trinajstić information content (AvgIpc) is 2.17. The summed E-state index contributed by atoms with van der Waals surface area (Å²) in [6, 6.07) is 0. The summed E-state index contributed by atoms with van der Waals surface area (Å²) in [5.74, 6) is 0. The van der Waals surface area contributed by atoms with E-state index in [0.29, 0.717) is 0 Å². The van der Waals surface area contributed by atoms with E-state index in [1.165, 1.54) is 0 Å². The normalized spacial score (nSPS) is 48.0. The molecule has 0 aromatic heterocycles. The number of aliphatic hydroxyl groups is 3. The Kier molecular flexibility index (Phi) is 2.22. The van der Waals surface area contributed by atoms with Crippen molar-refractivity contribution in [1.82, 2.24) is 0 Å². The number of aliphatic hydroxyl groups excluding tert-OH is 3. The van der Waals surface area contributed by atoms with E-state index in [9.17, 15) is 0 Å². The van der Waals surface area contributed by atoms with Gasteiger partial charge in [0.25, 0.3) is 0 Å². The minimum absolute atomic E-state index is 0.0925. The number of hydrogen-bond acceptors (Lipinski definition) is 5. The van der Waals surface area contributed by atoms with Crippen LogP contribution in [0.5, 0.6) is 0 Å². The van der Waals surface area contributed by atoms with Crippen LogP contribution in [0.4, 0.5) is 0 Å². The van der Waals surface area contributed by atoms with Crippen molar-refractivity contribution in [3.63, 3.8) is 0 Å². The molecule has 1 heterocycles. The van der Waals surface area contributed by atoms with Crippen molar-refractivity contribution in [3.8, 4) is 0 Å². The van der Waals surface area contributed by atoms with Gasteiger partial charge in [-0.1, -0.05) is 0 Å². The fourth-order valence-electron chi connectivity index (χ4n) is 0.924. The molecule has 1 fully saturated rings. The molecule has 0 spiro atoms. The van der Waals surface area contributed by atoms with Crippen molar-refractivity contribution in [2.45, 2.75) is 24.6 Å². The van der Waals surface area contributed by atoms with E-state index in [0.717, 1.165) is 0 Å². The molecule has 5 heteroatoms. The molecule has 10 heavy (non-hydrogen) atoms. The van der Waals surface area contributed by atoms with Gasteiger partial charge in [-0.25, -0.2) is 0 Å². The minimum Gasteiger partial charge on any atom is -0.387 e. The topological polar surface area (TPSA) is 95.9 Å². The molecular formula is C5H11NO4. The molecule has 4 atom stereocenters. The summed E-state index contributed by atoms with van der Waals surface area (Å²) < 4.78 is 4.67. The van der Waals surface area contributed by atoms with Gasteiger partial charge in [-0.05, 0) is 0 Å². The zero-order valence-electron chi connectivity index (χ0n) is 5.34. The molecule has 1 aliphatic rings. The smallest absolute Gasteiger partial charge is 0.184 e. The van der Waals surface area contributed by atoms with Crippen LogP contribution in [-0.4, -0.2) is 46.5 Å². The lowest BCUT2D eigenvalue weighted by atomic mass is 10.1. The van der Waals surface area contributed by atoms with Gasteiger partial charge in [0.15, 0.2) is 6.29 Å². The van der Waals surface area contributed by atoms with Crippen LogP contribution in [0, 0.1) is 0 Å². The fourth-order valence-corrected chi connectivity index (χ4v) is 0.924. The molecule has 5 N–H and O–H groups in total. The quantitative estimate of drug-likeness (QED) is 0.327. The van der Waals surface area contributed by atoms with Gasteiger partial charge < -0.3 is 25.8 Å². The SMILES string of the molecule is NCC1OC(O)[C@@H](O)[C@@H]1O. The second kappa shape index (κ2) is 2.81. The molecule has 1 aliphatic heterocycles. The molecule has 1 rings (SSSR count). The Morgan fingerprint density at radius 1 is 1.20 bits per heavy atom. The zero-order chi connectivity index (χ0) is 7.72. The van der Waals surface area contributed by atoms with Crippen LogP contribution >= 0.6 is 0 Å². The molecule has 0 bridgehead atoms. The molecule has 0 aromatic carbocycles. The van der Waals surface area contributed by atoms with Crippen molar-refractivity contribution in [3.05, 3.63) is 0 Å². The maximum absolute atomic E-state index is 9.01. The van der Waals surface area contributed by atoms with Gasteiger partial charge in [0.1, 0.15) is 18.3 Å². The number of nitrogens with two attached hydrogens (primary N) is 1. The number of rotatable bonds is 1. The number of hydrogen-bond donors (Lipinski definition) is 4. The van der Waals surface area contributed by atoms with Gasteiger partial charge in [0.2, 0.25) is 0 Å². The summed E-state index contributed by atoms with van der Waals surface area (Å²) >= 11 is 0. The second-order valence-corrected chi connectivity index (χ2v) is 2.28. The average molecular weight is 149 g/mol. The van der Waals surface area contributed by atoms with Gasteiger partial charge in [-0.15, -0.1) is 0 Å². The van der Waals surface area contributed by atoms with Gasteiger partial charge in [-0.3, -0.25) is 0 Å². The first-order valence-electron chi connectivity index (χ1n) is 3.06. The summed E-state index contributed by atoms with van der Waals surface area (Å²) in [7, 11) is 0. The molecule has 0 amide bonds. The van der Waals surface area contributed by atoms with E-state index >= 15 is 0 Å².